The van der Waals surface area contributed by atoms with Crippen LogP contribution in [-0.2, 0) is 4.79 Å². The van der Waals surface area contributed by atoms with Gasteiger partial charge in [-0.25, -0.2) is 4.79 Å². The Hall–Kier alpha value is -1.30. The lowest BCUT2D eigenvalue weighted by Gasteiger charge is -2.24. The minimum Gasteiger partial charge on any atom is -0.481 e. The van der Waals surface area contributed by atoms with Gasteiger partial charge in [-0.2, -0.15) is 0 Å². The summed E-state index contributed by atoms with van der Waals surface area (Å²) in [6.07, 6.45) is 2.07. The summed E-state index contributed by atoms with van der Waals surface area (Å²) in [5.74, 6) is -0.0579. The lowest BCUT2D eigenvalue weighted by molar-refractivity contribution is -0.137. The van der Waals surface area contributed by atoms with Gasteiger partial charge in [0.1, 0.15) is 0 Å². The SMILES string of the molecule is CC1CN(C(=O)NC(CC(=O)O)C2CC2)CC1N(C)C. The maximum Gasteiger partial charge on any atom is 0.317 e. The average molecular weight is 283 g/mol. The van der Waals surface area contributed by atoms with Gasteiger partial charge in [0, 0.05) is 25.2 Å². The Kier molecular flexibility index (Phi) is 4.52. The van der Waals surface area contributed by atoms with Crippen LogP contribution in [0.1, 0.15) is 26.2 Å². The molecule has 0 aromatic carbocycles. The van der Waals surface area contributed by atoms with Gasteiger partial charge >= 0.3 is 12.0 Å². The summed E-state index contributed by atoms with van der Waals surface area (Å²) in [4.78, 5) is 27.1. The first-order valence-corrected chi connectivity index (χ1v) is 7.32. The number of likely N-dealkylation sites (tertiary alicyclic amines) is 1. The molecule has 114 valence electrons. The molecule has 3 atom stereocenters. The highest BCUT2D eigenvalue weighted by atomic mass is 16.4. The quantitative estimate of drug-likeness (QED) is 0.784. The summed E-state index contributed by atoms with van der Waals surface area (Å²) in [5, 5.41) is 11.8. The fraction of sp³-hybridized carbons (Fsp3) is 0.857. The number of hydrogen-bond acceptors (Lipinski definition) is 3. The number of aliphatic carboxylic acids is 1. The Morgan fingerprint density at radius 2 is 2.00 bits per heavy atom. The average Bonchev–Trinajstić information content (AvgIpc) is 3.10. The van der Waals surface area contributed by atoms with Gasteiger partial charge in [0.05, 0.1) is 6.42 Å². The molecule has 0 radical (unpaired) electrons. The molecule has 0 bridgehead atoms. The van der Waals surface area contributed by atoms with Crippen molar-refractivity contribution in [1.29, 1.82) is 0 Å². The highest BCUT2D eigenvalue weighted by Gasteiger charge is 2.37. The van der Waals surface area contributed by atoms with Gasteiger partial charge in [0.25, 0.3) is 0 Å². The van der Waals surface area contributed by atoms with E-state index in [0.717, 1.165) is 19.4 Å². The van der Waals surface area contributed by atoms with Crippen LogP contribution in [0.5, 0.6) is 0 Å². The molecule has 6 heteroatoms. The van der Waals surface area contributed by atoms with E-state index in [1.807, 2.05) is 19.0 Å². The third-order valence-electron chi connectivity index (χ3n) is 4.42. The number of likely N-dealkylation sites (N-methyl/N-ethyl adjacent to an activating group) is 1. The van der Waals surface area contributed by atoms with E-state index in [0.29, 0.717) is 24.4 Å². The number of carbonyl (C=O) groups is 2. The number of rotatable bonds is 5. The van der Waals surface area contributed by atoms with Gasteiger partial charge in [-0.15, -0.1) is 0 Å². The number of urea groups is 1. The minimum atomic E-state index is -0.844. The van der Waals surface area contributed by atoms with Crippen LogP contribution in [0.3, 0.4) is 0 Å². The molecule has 0 aromatic heterocycles. The van der Waals surface area contributed by atoms with Crippen molar-refractivity contribution in [2.24, 2.45) is 11.8 Å². The zero-order valence-corrected chi connectivity index (χ0v) is 12.5. The Morgan fingerprint density at radius 1 is 1.35 bits per heavy atom. The monoisotopic (exact) mass is 283 g/mol. The summed E-state index contributed by atoms with van der Waals surface area (Å²) >= 11 is 0. The highest BCUT2D eigenvalue weighted by molar-refractivity contribution is 5.76. The van der Waals surface area contributed by atoms with E-state index in [4.69, 9.17) is 5.11 Å². The molecule has 0 aromatic rings. The minimum absolute atomic E-state index is 0.0247. The molecule has 6 nitrogen and oxygen atoms in total. The standard InChI is InChI=1S/C14H25N3O3/c1-9-7-17(8-12(9)16(2)3)14(20)15-11(6-13(18)19)10-4-5-10/h9-12H,4-8H2,1-3H3,(H,15,20)(H,18,19). The van der Waals surface area contributed by atoms with Crippen molar-refractivity contribution < 1.29 is 14.7 Å². The fourth-order valence-corrected chi connectivity index (χ4v) is 3.06. The van der Waals surface area contributed by atoms with E-state index < -0.39 is 5.97 Å². The van der Waals surface area contributed by atoms with Gasteiger partial charge in [0.2, 0.25) is 0 Å². The van der Waals surface area contributed by atoms with Crippen molar-refractivity contribution in [3.8, 4) is 0 Å². The van der Waals surface area contributed by atoms with E-state index in [9.17, 15) is 9.59 Å². The highest BCUT2D eigenvalue weighted by Crippen LogP contribution is 2.34. The van der Waals surface area contributed by atoms with Crippen LogP contribution in [0.25, 0.3) is 0 Å². The molecule has 1 aliphatic carbocycles. The van der Waals surface area contributed by atoms with Gasteiger partial charge in [0.15, 0.2) is 0 Å². The molecule has 2 N–H and O–H groups in total. The predicted octanol–water partition coefficient (Wildman–Crippen LogP) is 0.831. The van der Waals surface area contributed by atoms with Crippen LogP contribution in [-0.4, -0.2) is 66.2 Å². The summed E-state index contributed by atoms with van der Waals surface area (Å²) < 4.78 is 0. The van der Waals surface area contributed by atoms with Crippen molar-refractivity contribution >= 4 is 12.0 Å². The number of carbonyl (C=O) groups excluding carboxylic acids is 1. The lowest BCUT2D eigenvalue weighted by atomic mass is 10.1. The number of nitrogens with zero attached hydrogens (tertiary/aromatic N) is 2. The second kappa shape index (κ2) is 5.99. The molecule has 3 unspecified atom stereocenters. The van der Waals surface area contributed by atoms with E-state index in [2.05, 4.69) is 17.1 Å². The zero-order valence-electron chi connectivity index (χ0n) is 12.5. The van der Waals surface area contributed by atoms with E-state index in [1.165, 1.54) is 0 Å². The first kappa shape index (κ1) is 15.1. The van der Waals surface area contributed by atoms with Crippen molar-refractivity contribution in [2.45, 2.75) is 38.3 Å². The third-order valence-corrected chi connectivity index (χ3v) is 4.42. The second-order valence-corrected chi connectivity index (χ2v) is 6.40. The molecule has 2 rings (SSSR count). The van der Waals surface area contributed by atoms with Gasteiger partial charge < -0.3 is 20.2 Å². The van der Waals surface area contributed by atoms with E-state index >= 15 is 0 Å². The Bertz CT molecular complexity index is 382. The van der Waals surface area contributed by atoms with Crippen molar-refractivity contribution in [2.75, 3.05) is 27.2 Å². The number of hydrogen-bond donors (Lipinski definition) is 2. The van der Waals surface area contributed by atoms with Crippen LogP contribution in [0.2, 0.25) is 0 Å². The molecule has 2 fully saturated rings. The Labute approximate surface area is 120 Å². The number of nitrogens with one attached hydrogen (secondary N) is 1. The van der Waals surface area contributed by atoms with Crippen LogP contribution < -0.4 is 5.32 Å². The smallest absolute Gasteiger partial charge is 0.317 e. The first-order chi connectivity index (χ1) is 9.38. The molecule has 0 spiro atoms. The van der Waals surface area contributed by atoms with Crippen LogP contribution in [0.15, 0.2) is 0 Å². The maximum atomic E-state index is 12.3. The molecule has 1 aliphatic heterocycles. The lowest BCUT2D eigenvalue weighted by Crippen LogP contribution is -2.46. The predicted molar refractivity (Wildman–Crippen MR) is 75.5 cm³/mol. The molecular formula is C14H25N3O3. The van der Waals surface area contributed by atoms with Gasteiger partial charge in [-0.3, -0.25) is 4.79 Å². The van der Waals surface area contributed by atoms with Crippen molar-refractivity contribution in [1.82, 2.24) is 15.1 Å². The summed E-state index contributed by atoms with van der Waals surface area (Å²) in [7, 11) is 4.06. The number of carboxylic acid groups (broad SMARTS) is 1. The molecule has 1 saturated carbocycles. The molecule has 2 amide bonds. The number of amides is 2. The van der Waals surface area contributed by atoms with Gasteiger partial charge in [-0.05, 0) is 38.8 Å². The maximum absolute atomic E-state index is 12.3. The molecule has 1 saturated heterocycles. The fourth-order valence-electron chi connectivity index (χ4n) is 3.06. The molecule has 20 heavy (non-hydrogen) atoms. The molecule has 2 aliphatic rings. The summed E-state index contributed by atoms with van der Waals surface area (Å²) in [5.41, 5.74) is 0. The largest absolute Gasteiger partial charge is 0.481 e. The van der Waals surface area contributed by atoms with E-state index in [-0.39, 0.29) is 18.5 Å². The summed E-state index contributed by atoms with van der Waals surface area (Å²) in [6, 6.07) is 0.0488. The van der Waals surface area contributed by atoms with Crippen molar-refractivity contribution in [3.63, 3.8) is 0 Å². The Balaban J connectivity index is 1.89. The summed E-state index contributed by atoms with van der Waals surface area (Å²) in [6.45, 7) is 3.59. The van der Waals surface area contributed by atoms with E-state index in [1.54, 1.807) is 0 Å². The van der Waals surface area contributed by atoms with Crippen LogP contribution >= 0.6 is 0 Å². The second-order valence-electron chi connectivity index (χ2n) is 6.40. The van der Waals surface area contributed by atoms with Gasteiger partial charge in [-0.1, -0.05) is 6.92 Å². The first-order valence-electron chi connectivity index (χ1n) is 7.32. The third kappa shape index (κ3) is 3.62. The Morgan fingerprint density at radius 3 is 2.45 bits per heavy atom. The topological polar surface area (TPSA) is 72.9 Å². The molecule has 1 heterocycles. The zero-order chi connectivity index (χ0) is 14.9. The van der Waals surface area contributed by atoms with Crippen LogP contribution in [0.4, 0.5) is 4.79 Å². The number of carboxylic acids is 1. The normalized spacial score (nSPS) is 27.7. The van der Waals surface area contributed by atoms with Crippen LogP contribution in [0, 0.1) is 11.8 Å². The molecular weight excluding hydrogens is 258 g/mol. The van der Waals surface area contributed by atoms with Crippen molar-refractivity contribution in [3.05, 3.63) is 0 Å².